The molecule has 120 valence electrons. The van der Waals surface area contributed by atoms with Crippen LogP contribution in [0.2, 0.25) is 0 Å². The van der Waals surface area contributed by atoms with Gasteiger partial charge in [0.1, 0.15) is 6.61 Å². The van der Waals surface area contributed by atoms with Crippen molar-refractivity contribution in [3.63, 3.8) is 0 Å². The maximum Gasteiger partial charge on any atom is 0.315 e. The van der Waals surface area contributed by atoms with E-state index in [0.717, 1.165) is 0 Å². The summed E-state index contributed by atoms with van der Waals surface area (Å²) >= 11 is 0. The summed E-state index contributed by atoms with van der Waals surface area (Å²) in [6.07, 6.45) is -0.154. The van der Waals surface area contributed by atoms with Crippen LogP contribution in [-0.4, -0.2) is 56.5 Å². The standard InChI is InChI=1S/C13H22N2O6/c1-3-11(16)20-8-10(21-12(17)4-2)6-15-13(18)14-5-9-7-19-9/h9-10H,3-8H2,1-2H3,(H2,14,15,18). The Labute approximate surface area is 123 Å². The van der Waals surface area contributed by atoms with Crippen LogP contribution in [0.4, 0.5) is 4.79 Å². The minimum Gasteiger partial charge on any atom is -0.462 e. The Morgan fingerprint density at radius 2 is 1.86 bits per heavy atom. The van der Waals surface area contributed by atoms with Crippen molar-refractivity contribution in [2.75, 3.05) is 26.3 Å². The van der Waals surface area contributed by atoms with E-state index in [1.54, 1.807) is 13.8 Å². The summed E-state index contributed by atoms with van der Waals surface area (Å²) in [6.45, 7) is 4.42. The molecule has 1 fully saturated rings. The topological polar surface area (TPSA) is 106 Å². The number of nitrogens with one attached hydrogen (secondary N) is 2. The number of hydrogen-bond acceptors (Lipinski definition) is 6. The number of carbonyl (C=O) groups excluding carboxylic acids is 3. The number of carbonyl (C=O) groups is 3. The lowest BCUT2D eigenvalue weighted by molar-refractivity contribution is -0.158. The minimum atomic E-state index is -0.698. The van der Waals surface area contributed by atoms with Crippen LogP contribution in [0, 0.1) is 0 Å². The van der Waals surface area contributed by atoms with Crippen LogP contribution < -0.4 is 10.6 Å². The molecule has 8 heteroatoms. The van der Waals surface area contributed by atoms with E-state index >= 15 is 0 Å². The van der Waals surface area contributed by atoms with Gasteiger partial charge in [0.05, 0.1) is 19.3 Å². The molecule has 0 aromatic rings. The van der Waals surface area contributed by atoms with Crippen LogP contribution in [0.1, 0.15) is 26.7 Å². The van der Waals surface area contributed by atoms with Gasteiger partial charge in [-0.3, -0.25) is 9.59 Å². The molecule has 2 N–H and O–H groups in total. The molecule has 2 amide bonds. The molecule has 0 aliphatic carbocycles. The maximum absolute atomic E-state index is 11.5. The summed E-state index contributed by atoms with van der Waals surface area (Å²) in [7, 11) is 0. The zero-order valence-corrected chi connectivity index (χ0v) is 12.3. The van der Waals surface area contributed by atoms with Gasteiger partial charge >= 0.3 is 18.0 Å². The van der Waals surface area contributed by atoms with Crippen LogP contribution in [-0.2, 0) is 23.8 Å². The molecule has 0 aromatic heterocycles. The highest BCUT2D eigenvalue weighted by Crippen LogP contribution is 2.05. The van der Waals surface area contributed by atoms with Crippen LogP contribution in [0.15, 0.2) is 0 Å². The van der Waals surface area contributed by atoms with E-state index in [1.807, 2.05) is 0 Å². The van der Waals surface area contributed by atoms with Gasteiger partial charge in [-0.05, 0) is 0 Å². The van der Waals surface area contributed by atoms with E-state index in [0.29, 0.717) is 13.2 Å². The van der Waals surface area contributed by atoms with Crippen LogP contribution in [0.25, 0.3) is 0 Å². The highest BCUT2D eigenvalue weighted by Gasteiger charge is 2.23. The van der Waals surface area contributed by atoms with Gasteiger partial charge in [-0.2, -0.15) is 0 Å². The highest BCUT2D eigenvalue weighted by molar-refractivity contribution is 5.74. The number of urea groups is 1. The van der Waals surface area contributed by atoms with Crippen molar-refractivity contribution in [1.82, 2.24) is 10.6 Å². The van der Waals surface area contributed by atoms with Gasteiger partial charge in [-0.15, -0.1) is 0 Å². The van der Waals surface area contributed by atoms with Gasteiger partial charge in [0.25, 0.3) is 0 Å². The third-order valence-electron chi connectivity index (χ3n) is 2.69. The zero-order chi connectivity index (χ0) is 15.7. The Bertz CT molecular complexity index is 370. The number of rotatable bonds is 9. The van der Waals surface area contributed by atoms with Crippen LogP contribution in [0.3, 0.4) is 0 Å². The van der Waals surface area contributed by atoms with Gasteiger partial charge in [0.15, 0.2) is 6.10 Å². The Balaban J connectivity index is 2.29. The van der Waals surface area contributed by atoms with E-state index in [2.05, 4.69) is 10.6 Å². The average Bonchev–Trinajstić information content (AvgIpc) is 3.31. The van der Waals surface area contributed by atoms with Gasteiger partial charge in [0, 0.05) is 19.4 Å². The summed E-state index contributed by atoms with van der Waals surface area (Å²) < 4.78 is 15.0. The lowest BCUT2D eigenvalue weighted by Gasteiger charge is -2.18. The molecule has 1 aliphatic heterocycles. The Morgan fingerprint density at radius 3 is 2.43 bits per heavy atom. The fraction of sp³-hybridized carbons (Fsp3) is 0.769. The number of esters is 2. The molecule has 21 heavy (non-hydrogen) atoms. The van der Waals surface area contributed by atoms with E-state index in [9.17, 15) is 14.4 Å². The predicted molar refractivity (Wildman–Crippen MR) is 72.6 cm³/mol. The minimum absolute atomic E-state index is 0.0695. The molecule has 1 rings (SSSR count). The van der Waals surface area contributed by atoms with Crippen molar-refractivity contribution in [2.24, 2.45) is 0 Å². The molecule has 2 unspecified atom stereocenters. The number of hydrogen-bond donors (Lipinski definition) is 2. The molecule has 0 bridgehead atoms. The third-order valence-corrected chi connectivity index (χ3v) is 2.69. The smallest absolute Gasteiger partial charge is 0.315 e. The Hall–Kier alpha value is -1.83. The second-order valence-electron chi connectivity index (χ2n) is 4.55. The Morgan fingerprint density at radius 1 is 1.19 bits per heavy atom. The quantitative estimate of drug-likeness (QED) is 0.457. The van der Waals surface area contributed by atoms with Gasteiger partial charge < -0.3 is 24.8 Å². The molecule has 1 saturated heterocycles. The third kappa shape index (κ3) is 8.13. The van der Waals surface area contributed by atoms with E-state index in [1.165, 1.54) is 0 Å². The van der Waals surface area contributed by atoms with Crippen LogP contribution >= 0.6 is 0 Å². The van der Waals surface area contributed by atoms with Crippen molar-refractivity contribution < 1.29 is 28.6 Å². The monoisotopic (exact) mass is 302 g/mol. The molecule has 1 aliphatic rings. The number of amides is 2. The first-order valence-corrected chi connectivity index (χ1v) is 7.03. The van der Waals surface area contributed by atoms with E-state index in [-0.39, 0.29) is 44.1 Å². The fourth-order valence-electron chi connectivity index (χ4n) is 1.35. The van der Waals surface area contributed by atoms with E-state index in [4.69, 9.17) is 14.2 Å². The van der Waals surface area contributed by atoms with Crippen molar-refractivity contribution in [1.29, 1.82) is 0 Å². The molecule has 0 radical (unpaired) electrons. The molecule has 8 nitrogen and oxygen atoms in total. The molecule has 0 saturated carbocycles. The normalized spacial score (nSPS) is 17.5. The number of epoxide rings is 1. The molecule has 2 atom stereocenters. The van der Waals surface area contributed by atoms with Crippen molar-refractivity contribution >= 4 is 18.0 Å². The Kier molecular flexibility index (Phi) is 7.52. The zero-order valence-electron chi connectivity index (χ0n) is 12.3. The summed E-state index contributed by atoms with van der Waals surface area (Å²) in [5, 5.41) is 5.18. The number of ether oxygens (including phenoxy) is 3. The maximum atomic E-state index is 11.5. The SMILES string of the molecule is CCC(=O)OCC(CNC(=O)NCC1CO1)OC(=O)CC. The molecular weight excluding hydrogens is 280 g/mol. The van der Waals surface area contributed by atoms with Crippen LogP contribution in [0.5, 0.6) is 0 Å². The lowest BCUT2D eigenvalue weighted by Crippen LogP contribution is -2.43. The predicted octanol–water partition coefficient (Wildman–Crippen LogP) is -0.0406. The first-order valence-electron chi connectivity index (χ1n) is 7.03. The molecule has 1 heterocycles. The summed E-state index contributed by atoms with van der Waals surface area (Å²) in [6, 6.07) is -0.384. The van der Waals surface area contributed by atoms with Crippen molar-refractivity contribution in [2.45, 2.75) is 38.9 Å². The van der Waals surface area contributed by atoms with Crippen molar-refractivity contribution in [3.8, 4) is 0 Å². The second-order valence-corrected chi connectivity index (χ2v) is 4.55. The van der Waals surface area contributed by atoms with Gasteiger partial charge in [0.2, 0.25) is 0 Å². The average molecular weight is 302 g/mol. The van der Waals surface area contributed by atoms with Gasteiger partial charge in [-0.1, -0.05) is 13.8 Å². The largest absolute Gasteiger partial charge is 0.462 e. The van der Waals surface area contributed by atoms with Gasteiger partial charge in [-0.25, -0.2) is 4.79 Å². The molecule has 0 spiro atoms. The molecular formula is C13H22N2O6. The summed E-state index contributed by atoms with van der Waals surface area (Å²) in [5.41, 5.74) is 0. The molecule has 0 aromatic carbocycles. The fourth-order valence-corrected chi connectivity index (χ4v) is 1.35. The van der Waals surface area contributed by atoms with Crippen molar-refractivity contribution in [3.05, 3.63) is 0 Å². The summed E-state index contributed by atoms with van der Waals surface area (Å²) in [5.74, 6) is -0.802. The lowest BCUT2D eigenvalue weighted by atomic mass is 10.3. The summed E-state index contributed by atoms with van der Waals surface area (Å²) in [4.78, 5) is 33.9. The second kappa shape index (κ2) is 9.17. The highest BCUT2D eigenvalue weighted by atomic mass is 16.6. The first kappa shape index (κ1) is 17.2. The first-order chi connectivity index (χ1) is 10.0. The van der Waals surface area contributed by atoms with E-state index < -0.39 is 12.1 Å².